The topological polar surface area (TPSA) is 63.6 Å². The number of allylic oxidation sites excluding steroid dienone is 2. The van der Waals surface area contributed by atoms with E-state index in [1.165, 1.54) is 44.5 Å². The molecule has 0 bridgehead atoms. The lowest BCUT2D eigenvalue weighted by atomic mass is 9.69. The van der Waals surface area contributed by atoms with Crippen molar-refractivity contribution in [2.24, 2.45) is 11.8 Å². The van der Waals surface area contributed by atoms with Gasteiger partial charge in [-0.05, 0) is 74.8 Å². The number of ketones is 2. The Hall–Kier alpha value is -6.10. The van der Waals surface area contributed by atoms with E-state index in [4.69, 9.17) is 4.74 Å². The number of aliphatic hydroxyl groups is 1. The van der Waals surface area contributed by atoms with Gasteiger partial charge < -0.3 is 14.6 Å². The Bertz CT molecular complexity index is 2740. The Kier molecular flexibility index (Phi) is 26.1. The number of ether oxygens (including phenoxy) is 1. The molecule has 6 aromatic carbocycles. The van der Waals surface area contributed by atoms with Gasteiger partial charge >= 0.3 is 0 Å². The highest BCUT2D eigenvalue weighted by molar-refractivity contribution is 5.93. The minimum absolute atomic E-state index is 0.0892. The van der Waals surface area contributed by atoms with Crippen LogP contribution in [0.5, 0.6) is 0 Å². The number of Topliss-reactive ketones (excluding diaryl/α,β-unsaturated/α-hetero) is 2. The fourth-order valence-corrected chi connectivity index (χ4v) is 11.8. The average molecular weight is 1030 g/mol. The predicted molar refractivity (Wildman–Crippen MR) is 328 cm³/mol. The first-order valence-electron chi connectivity index (χ1n) is 28.7. The van der Waals surface area contributed by atoms with Crippen LogP contribution in [0.1, 0.15) is 208 Å². The molecule has 3 aliphatic carbocycles. The minimum atomic E-state index is -1.12. The molecule has 410 valence electrons. The highest BCUT2D eigenvalue weighted by Gasteiger charge is 2.62. The van der Waals surface area contributed by atoms with Gasteiger partial charge in [0.05, 0.1) is 5.76 Å². The summed E-state index contributed by atoms with van der Waals surface area (Å²) in [4.78, 5) is 23.6. The first kappa shape index (κ1) is 66.0. The predicted octanol–water partition coefficient (Wildman–Crippen LogP) is 19.5. The molecule has 4 aliphatic rings. The third kappa shape index (κ3) is 13.2. The molecule has 0 aromatic heterocycles. The third-order valence-corrected chi connectivity index (χ3v) is 14.8. The molecule has 4 atom stereocenters. The maximum absolute atomic E-state index is 11.8. The Balaban J connectivity index is 0.000000354. The monoisotopic (exact) mass is 1030 g/mol. The van der Waals surface area contributed by atoms with Crippen LogP contribution >= 0.6 is 0 Å². The van der Waals surface area contributed by atoms with Crippen molar-refractivity contribution in [1.82, 2.24) is 0 Å². The first-order valence-corrected chi connectivity index (χ1v) is 28.7. The highest BCUT2D eigenvalue weighted by Crippen LogP contribution is 2.63. The van der Waals surface area contributed by atoms with Crippen molar-refractivity contribution < 1.29 is 19.4 Å². The molecule has 4 nitrogen and oxygen atoms in total. The average Bonchev–Trinajstić information content (AvgIpc) is 4.07. The highest BCUT2D eigenvalue weighted by atomic mass is 16.5. The van der Waals surface area contributed by atoms with E-state index in [9.17, 15) is 14.7 Å². The number of carbonyl (C=O) groups excluding carboxylic acids is 2. The smallest absolute Gasteiger partial charge is 0.163 e. The van der Waals surface area contributed by atoms with Crippen LogP contribution in [0.4, 0.5) is 0 Å². The number of fused-ring (bicyclic) bond motifs is 5. The summed E-state index contributed by atoms with van der Waals surface area (Å²) in [6.07, 6.45) is 1.82. The largest absolute Gasteiger partial charge is 0.482 e. The zero-order valence-corrected chi connectivity index (χ0v) is 50.7. The molecule has 0 saturated carbocycles. The lowest BCUT2D eigenvalue weighted by Gasteiger charge is -2.37. The molecule has 6 aromatic rings. The molecule has 4 heteroatoms. The van der Waals surface area contributed by atoms with Gasteiger partial charge in [-0.2, -0.15) is 0 Å². The van der Waals surface area contributed by atoms with Crippen molar-refractivity contribution in [3.05, 3.63) is 232 Å². The van der Waals surface area contributed by atoms with Crippen molar-refractivity contribution >= 4 is 17.1 Å². The van der Waals surface area contributed by atoms with Crippen LogP contribution in [-0.4, -0.2) is 16.7 Å². The van der Waals surface area contributed by atoms with Crippen molar-refractivity contribution in [2.45, 2.75) is 185 Å². The van der Waals surface area contributed by atoms with Crippen LogP contribution in [0.25, 0.3) is 5.57 Å². The van der Waals surface area contributed by atoms with Gasteiger partial charge in [0.15, 0.2) is 5.60 Å². The van der Waals surface area contributed by atoms with E-state index < -0.39 is 5.60 Å². The van der Waals surface area contributed by atoms with Crippen molar-refractivity contribution in [3.63, 3.8) is 0 Å². The van der Waals surface area contributed by atoms with Crippen molar-refractivity contribution in [3.8, 4) is 0 Å². The lowest BCUT2D eigenvalue weighted by molar-refractivity contribution is -0.121. The van der Waals surface area contributed by atoms with Gasteiger partial charge in [0, 0.05) is 47.6 Å². The summed E-state index contributed by atoms with van der Waals surface area (Å²) in [5, 5.41) is 11.7. The maximum Gasteiger partial charge on any atom is 0.163 e. The minimum Gasteiger partial charge on any atom is -0.482 e. The summed E-state index contributed by atoms with van der Waals surface area (Å²) < 4.78 is 6.43. The molecule has 1 heterocycles. The van der Waals surface area contributed by atoms with E-state index in [-0.39, 0.29) is 39.3 Å². The number of rotatable bonds is 7. The molecular weight excluding hydrogens is 929 g/mol. The summed E-state index contributed by atoms with van der Waals surface area (Å²) in [6, 6.07) is 56.0. The van der Waals surface area contributed by atoms with Crippen molar-refractivity contribution in [1.29, 1.82) is 0 Å². The van der Waals surface area contributed by atoms with Gasteiger partial charge in [-0.15, -0.1) is 0 Å². The first-order chi connectivity index (χ1) is 36.5. The van der Waals surface area contributed by atoms with Gasteiger partial charge in [0.25, 0.3) is 0 Å². The Labute approximate surface area is 463 Å². The summed E-state index contributed by atoms with van der Waals surface area (Å²) in [6.45, 7) is 44.8. The lowest BCUT2D eigenvalue weighted by Crippen LogP contribution is -2.40. The van der Waals surface area contributed by atoms with E-state index in [0.717, 1.165) is 28.9 Å². The molecule has 1 fully saturated rings. The molecule has 1 aliphatic heterocycles. The Morgan fingerprint density at radius 1 is 0.500 bits per heavy atom. The van der Waals surface area contributed by atoms with E-state index in [1.807, 2.05) is 138 Å². The van der Waals surface area contributed by atoms with Crippen LogP contribution in [-0.2, 0) is 41.8 Å². The van der Waals surface area contributed by atoms with Gasteiger partial charge in [-0.1, -0.05) is 295 Å². The van der Waals surface area contributed by atoms with Gasteiger partial charge in [-0.25, -0.2) is 0 Å². The number of carbonyl (C=O) groups is 2. The Morgan fingerprint density at radius 3 is 1.37 bits per heavy atom. The van der Waals surface area contributed by atoms with Crippen LogP contribution in [0.15, 0.2) is 182 Å². The van der Waals surface area contributed by atoms with E-state index in [1.54, 1.807) is 13.8 Å². The fourth-order valence-electron chi connectivity index (χ4n) is 11.8. The third-order valence-electron chi connectivity index (χ3n) is 14.8. The van der Waals surface area contributed by atoms with Gasteiger partial charge in [0.2, 0.25) is 0 Å². The molecular formula is C72H98O4. The molecule has 10 rings (SSSR count). The molecule has 0 spiro atoms. The standard InChI is InChI=1S/C20H22O2.2C20H20O.6C2H6/c1-14(21)13-18-19(2,3)16-11-7-8-12-17(16)20(18,22)15-9-5-4-6-10-15;1-14-13-18-19(2,3)16-11-7-8-12-17(16)20(18,21-14)15-9-5-4-6-10-15;1-14(21)13-18-19(15-9-5-4-6-10-15)16-11-7-8-12-17(16)20(18,2)3;6*1-2/h4-12,18,22H,13H2,1-3H3;4-12,18H,1,13H2,2-3H3;4-12H,13H2,1-3H3;6*1-2H3. The van der Waals surface area contributed by atoms with E-state index in [0.29, 0.717) is 18.8 Å². The molecule has 0 amide bonds. The molecule has 4 unspecified atom stereocenters. The molecule has 1 N–H and O–H groups in total. The summed E-state index contributed by atoms with van der Waals surface area (Å²) >= 11 is 0. The Morgan fingerprint density at radius 2 is 0.895 bits per heavy atom. The fraction of sp³-hybridized carbons (Fsp3) is 0.417. The number of hydrogen-bond acceptors (Lipinski definition) is 4. The second kappa shape index (κ2) is 30.0. The van der Waals surface area contributed by atoms with E-state index in [2.05, 4.69) is 157 Å². The van der Waals surface area contributed by atoms with Crippen LogP contribution in [0.2, 0.25) is 0 Å². The van der Waals surface area contributed by atoms with Gasteiger partial charge in [-0.3, -0.25) is 4.79 Å². The quantitative estimate of drug-likeness (QED) is 0.173. The molecule has 0 radical (unpaired) electrons. The number of benzene rings is 6. The molecule has 1 saturated heterocycles. The summed E-state index contributed by atoms with van der Waals surface area (Å²) in [5.41, 5.74) is 11.4. The summed E-state index contributed by atoms with van der Waals surface area (Å²) in [7, 11) is 0. The van der Waals surface area contributed by atoms with E-state index >= 15 is 0 Å². The van der Waals surface area contributed by atoms with Crippen LogP contribution < -0.4 is 0 Å². The second-order valence-corrected chi connectivity index (χ2v) is 19.9. The van der Waals surface area contributed by atoms with Crippen LogP contribution in [0.3, 0.4) is 0 Å². The van der Waals surface area contributed by atoms with Crippen molar-refractivity contribution in [2.75, 3.05) is 0 Å². The zero-order valence-electron chi connectivity index (χ0n) is 50.7. The SMILES string of the molecule is C=C1CC2C(C)(C)c3ccccc3C2(c2ccccc2)O1.CC.CC.CC.CC.CC.CC.CC(=O)CC1=C(c2ccccc2)c2ccccc2C1(C)C.CC(=O)CC1C(C)(C)c2ccccc2C1(O)c1ccccc1. The number of hydrogen-bond donors (Lipinski definition) is 1. The van der Waals surface area contributed by atoms with Gasteiger partial charge in [0.1, 0.15) is 17.2 Å². The summed E-state index contributed by atoms with van der Waals surface area (Å²) in [5.74, 6) is 1.47. The second-order valence-electron chi connectivity index (χ2n) is 19.9. The zero-order chi connectivity index (χ0) is 57.7. The normalized spacial score (nSPS) is 20.3. The molecule has 76 heavy (non-hydrogen) atoms. The maximum atomic E-state index is 11.8. The van der Waals surface area contributed by atoms with Crippen LogP contribution in [0, 0.1) is 11.8 Å².